The second-order valence-electron chi connectivity index (χ2n) is 5.47. The molecule has 0 spiro atoms. The number of nitrogens with two attached hydrogens (primary N) is 1. The summed E-state index contributed by atoms with van der Waals surface area (Å²) < 4.78 is 22.4. The topological polar surface area (TPSA) is 105 Å². The van der Waals surface area contributed by atoms with Crippen molar-refractivity contribution < 1.29 is 13.2 Å². The van der Waals surface area contributed by atoms with Gasteiger partial charge in [-0.1, -0.05) is 18.2 Å². The molecule has 0 fully saturated rings. The first kappa shape index (κ1) is 17.9. The summed E-state index contributed by atoms with van der Waals surface area (Å²) in [6, 6.07) is 11.5. The minimum Gasteiger partial charge on any atom is -0.363 e. The van der Waals surface area contributed by atoms with Crippen LogP contribution in [0.15, 0.2) is 47.4 Å². The van der Waals surface area contributed by atoms with Gasteiger partial charge in [0.2, 0.25) is 10.0 Å². The van der Waals surface area contributed by atoms with Crippen LogP contribution in [0, 0.1) is 0 Å². The molecule has 2 rings (SSSR count). The van der Waals surface area contributed by atoms with Crippen molar-refractivity contribution in [2.45, 2.75) is 11.3 Å². The number of nitrogens with zero attached hydrogens (tertiary/aromatic N) is 2. The molecule has 0 saturated heterocycles. The first-order valence-electron chi connectivity index (χ1n) is 7.32. The standard InChI is InChI=1S/C16H20N4O3S/c1-20(2)15-5-3-4-14(19-15)16(21)18-11-10-12-6-8-13(9-7-12)24(17,22)23/h3-9H,10-11H2,1-2H3,(H,18,21)(H2,17,22,23). The average Bonchev–Trinajstić information content (AvgIpc) is 2.54. The lowest BCUT2D eigenvalue weighted by molar-refractivity contribution is 0.0949. The molecule has 24 heavy (non-hydrogen) atoms. The molecular formula is C16H20N4O3S. The molecule has 0 aliphatic carbocycles. The second kappa shape index (κ2) is 7.41. The van der Waals surface area contributed by atoms with E-state index < -0.39 is 10.0 Å². The maximum absolute atomic E-state index is 12.1. The van der Waals surface area contributed by atoms with Gasteiger partial charge in [0, 0.05) is 20.6 Å². The number of hydrogen-bond donors (Lipinski definition) is 2. The highest BCUT2D eigenvalue weighted by molar-refractivity contribution is 7.89. The lowest BCUT2D eigenvalue weighted by Gasteiger charge is -2.12. The van der Waals surface area contributed by atoms with Crippen LogP contribution in [0.25, 0.3) is 0 Å². The summed E-state index contributed by atoms with van der Waals surface area (Å²) in [6.45, 7) is 0.418. The van der Waals surface area contributed by atoms with Crippen LogP contribution >= 0.6 is 0 Å². The van der Waals surface area contributed by atoms with Crippen molar-refractivity contribution in [2.75, 3.05) is 25.5 Å². The van der Waals surface area contributed by atoms with E-state index in [9.17, 15) is 13.2 Å². The summed E-state index contributed by atoms with van der Waals surface area (Å²) in [5.41, 5.74) is 1.25. The van der Waals surface area contributed by atoms with Crippen molar-refractivity contribution in [1.29, 1.82) is 0 Å². The number of carbonyl (C=O) groups excluding carboxylic acids is 1. The van der Waals surface area contributed by atoms with E-state index in [2.05, 4.69) is 10.3 Å². The number of nitrogens with one attached hydrogen (secondary N) is 1. The zero-order chi connectivity index (χ0) is 17.7. The monoisotopic (exact) mass is 348 g/mol. The van der Waals surface area contributed by atoms with Gasteiger partial charge < -0.3 is 10.2 Å². The number of carbonyl (C=O) groups is 1. The van der Waals surface area contributed by atoms with Crippen LogP contribution in [0.5, 0.6) is 0 Å². The molecule has 0 aliphatic rings. The number of pyridine rings is 1. The average molecular weight is 348 g/mol. The van der Waals surface area contributed by atoms with Gasteiger partial charge in [0.25, 0.3) is 5.91 Å². The van der Waals surface area contributed by atoms with Crippen LogP contribution in [0.1, 0.15) is 16.1 Å². The van der Waals surface area contributed by atoms with Gasteiger partial charge in [-0.2, -0.15) is 0 Å². The summed E-state index contributed by atoms with van der Waals surface area (Å²) in [7, 11) is 0.0300. The Morgan fingerprint density at radius 2 is 1.83 bits per heavy atom. The molecule has 0 saturated carbocycles. The molecular weight excluding hydrogens is 328 g/mol. The lowest BCUT2D eigenvalue weighted by Crippen LogP contribution is -2.27. The van der Waals surface area contributed by atoms with E-state index in [-0.39, 0.29) is 10.8 Å². The van der Waals surface area contributed by atoms with Crippen molar-refractivity contribution in [3.05, 3.63) is 53.7 Å². The third kappa shape index (κ3) is 4.77. The third-order valence-corrected chi connectivity index (χ3v) is 4.31. The van der Waals surface area contributed by atoms with E-state index in [4.69, 9.17) is 5.14 Å². The Hall–Kier alpha value is -2.45. The predicted octanol–water partition coefficient (Wildman–Crippen LogP) is 0.767. The number of anilines is 1. The fourth-order valence-electron chi connectivity index (χ4n) is 2.06. The molecule has 8 heteroatoms. The van der Waals surface area contributed by atoms with E-state index in [0.29, 0.717) is 24.5 Å². The van der Waals surface area contributed by atoms with Gasteiger partial charge in [-0.25, -0.2) is 18.5 Å². The molecule has 3 N–H and O–H groups in total. The molecule has 0 aliphatic heterocycles. The van der Waals surface area contributed by atoms with Crippen LogP contribution in [-0.2, 0) is 16.4 Å². The van der Waals surface area contributed by atoms with Crippen molar-refractivity contribution in [3.8, 4) is 0 Å². The molecule has 0 atom stereocenters. The Bertz CT molecular complexity index is 817. The van der Waals surface area contributed by atoms with Crippen LogP contribution in [0.2, 0.25) is 0 Å². The summed E-state index contributed by atoms with van der Waals surface area (Å²) in [5.74, 6) is 0.459. The first-order valence-corrected chi connectivity index (χ1v) is 8.86. The number of benzene rings is 1. The van der Waals surface area contributed by atoms with Crippen LogP contribution in [-0.4, -0.2) is 39.9 Å². The van der Waals surface area contributed by atoms with E-state index in [0.717, 1.165) is 5.56 Å². The zero-order valence-corrected chi connectivity index (χ0v) is 14.4. The Balaban J connectivity index is 1.92. The highest BCUT2D eigenvalue weighted by atomic mass is 32.2. The van der Waals surface area contributed by atoms with E-state index in [1.165, 1.54) is 12.1 Å². The van der Waals surface area contributed by atoms with Crippen LogP contribution in [0.3, 0.4) is 0 Å². The minimum absolute atomic E-state index is 0.0694. The number of sulfonamides is 1. The molecule has 1 amide bonds. The van der Waals surface area contributed by atoms with E-state index >= 15 is 0 Å². The minimum atomic E-state index is -3.68. The number of aromatic nitrogens is 1. The number of amides is 1. The highest BCUT2D eigenvalue weighted by Gasteiger charge is 2.09. The largest absolute Gasteiger partial charge is 0.363 e. The predicted molar refractivity (Wildman–Crippen MR) is 92.4 cm³/mol. The van der Waals surface area contributed by atoms with Crippen molar-refractivity contribution >= 4 is 21.7 Å². The maximum Gasteiger partial charge on any atom is 0.269 e. The molecule has 1 aromatic carbocycles. The Kier molecular flexibility index (Phi) is 5.53. The second-order valence-corrected chi connectivity index (χ2v) is 7.03. The zero-order valence-electron chi connectivity index (χ0n) is 13.6. The van der Waals surface area contributed by atoms with Gasteiger partial charge in [0.1, 0.15) is 11.5 Å². The SMILES string of the molecule is CN(C)c1cccc(C(=O)NCCc2ccc(S(N)(=O)=O)cc2)n1. The molecule has 128 valence electrons. The van der Waals surface area contributed by atoms with Crippen LogP contribution in [0.4, 0.5) is 5.82 Å². The molecule has 0 bridgehead atoms. The number of primary sulfonamides is 1. The van der Waals surface area contributed by atoms with Crippen molar-refractivity contribution in [1.82, 2.24) is 10.3 Å². The van der Waals surface area contributed by atoms with Gasteiger partial charge in [-0.3, -0.25) is 4.79 Å². The number of rotatable bonds is 6. The summed E-state index contributed by atoms with van der Waals surface area (Å²) in [4.78, 5) is 18.3. The molecule has 7 nitrogen and oxygen atoms in total. The normalized spacial score (nSPS) is 11.1. The first-order chi connectivity index (χ1) is 11.3. The summed E-state index contributed by atoms with van der Waals surface area (Å²) >= 11 is 0. The molecule has 0 unspecified atom stereocenters. The maximum atomic E-state index is 12.1. The quantitative estimate of drug-likeness (QED) is 0.802. The summed E-state index contributed by atoms with van der Waals surface area (Å²) in [6.07, 6.45) is 0.573. The van der Waals surface area contributed by atoms with E-state index in [1.807, 2.05) is 25.1 Å². The van der Waals surface area contributed by atoms with Gasteiger partial charge in [-0.05, 0) is 36.2 Å². The van der Waals surface area contributed by atoms with Crippen LogP contribution < -0.4 is 15.4 Å². The fraction of sp³-hybridized carbons (Fsp3) is 0.250. The van der Waals surface area contributed by atoms with Gasteiger partial charge in [-0.15, -0.1) is 0 Å². The number of hydrogen-bond acceptors (Lipinski definition) is 5. The van der Waals surface area contributed by atoms with Crippen molar-refractivity contribution in [3.63, 3.8) is 0 Å². The molecule has 1 heterocycles. The molecule has 1 aromatic heterocycles. The van der Waals surface area contributed by atoms with E-state index in [1.54, 1.807) is 24.3 Å². The van der Waals surface area contributed by atoms with Gasteiger partial charge >= 0.3 is 0 Å². The Morgan fingerprint density at radius 3 is 2.42 bits per heavy atom. The third-order valence-electron chi connectivity index (χ3n) is 3.38. The Labute approximate surface area is 141 Å². The van der Waals surface area contributed by atoms with Gasteiger partial charge in [0.15, 0.2) is 0 Å². The van der Waals surface area contributed by atoms with Gasteiger partial charge in [0.05, 0.1) is 4.90 Å². The Morgan fingerprint density at radius 1 is 1.17 bits per heavy atom. The highest BCUT2D eigenvalue weighted by Crippen LogP contribution is 2.10. The summed E-state index contributed by atoms with van der Waals surface area (Å²) in [5, 5.41) is 7.84. The molecule has 0 radical (unpaired) electrons. The smallest absolute Gasteiger partial charge is 0.269 e. The fourth-order valence-corrected chi connectivity index (χ4v) is 2.57. The lowest BCUT2D eigenvalue weighted by atomic mass is 10.1. The molecule has 2 aromatic rings. The van der Waals surface area contributed by atoms with Crippen molar-refractivity contribution in [2.24, 2.45) is 5.14 Å².